The third kappa shape index (κ3) is 4.89. The lowest BCUT2D eigenvalue weighted by molar-refractivity contribution is 0.0601. The van der Waals surface area contributed by atoms with Crippen LogP contribution in [0.15, 0.2) is 45.7 Å². The van der Waals surface area contributed by atoms with Crippen molar-refractivity contribution in [3.63, 3.8) is 0 Å². The van der Waals surface area contributed by atoms with E-state index in [0.717, 1.165) is 17.7 Å². The molecule has 0 amide bonds. The lowest BCUT2D eigenvalue weighted by Gasteiger charge is -2.18. The fourth-order valence-electron chi connectivity index (χ4n) is 3.32. The van der Waals surface area contributed by atoms with Gasteiger partial charge < -0.3 is 19.8 Å². The van der Waals surface area contributed by atoms with Gasteiger partial charge in [0.1, 0.15) is 28.5 Å². The summed E-state index contributed by atoms with van der Waals surface area (Å²) in [6, 6.07) is 8.37. The van der Waals surface area contributed by atoms with E-state index in [2.05, 4.69) is 26.2 Å². The Bertz CT molecular complexity index is 1230. The Labute approximate surface area is 191 Å². The molecular weight excluding hydrogens is 486 g/mol. The molecule has 2 aromatic carbocycles. The second-order valence-corrected chi connectivity index (χ2v) is 7.82. The molecule has 1 aromatic heterocycles. The summed E-state index contributed by atoms with van der Waals surface area (Å²) in [7, 11) is 3.07. The summed E-state index contributed by atoms with van der Waals surface area (Å²) in [4.78, 5) is 27.6. The zero-order valence-electron chi connectivity index (χ0n) is 17.6. The largest absolute Gasteiger partial charge is 0.487 e. The van der Waals surface area contributed by atoms with Crippen molar-refractivity contribution in [3.8, 4) is 16.9 Å². The van der Waals surface area contributed by atoms with Crippen LogP contribution in [0.3, 0.4) is 0 Å². The van der Waals surface area contributed by atoms with Gasteiger partial charge in [-0.2, -0.15) is 0 Å². The Hall–Kier alpha value is -3.04. The van der Waals surface area contributed by atoms with E-state index in [1.54, 1.807) is 32.2 Å². The molecule has 0 bridgehead atoms. The molecule has 1 heterocycles. The van der Waals surface area contributed by atoms with E-state index in [0.29, 0.717) is 23.4 Å². The van der Waals surface area contributed by atoms with Gasteiger partial charge in [-0.15, -0.1) is 0 Å². The number of esters is 1. The third-order valence-corrected chi connectivity index (χ3v) is 5.55. The zero-order chi connectivity index (χ0) is 23.4. The molecule has 0 saturated carbocycles. The van der Waals surface area contributed by atoms with Crippen molar-refractivity contribution in [2.45, 2.75) is 20.1 Å². The van der Waals surface area contributed by atoms with Crippen LogP contribution in [-0.2, 0) is 17.9 Å². The summed E-state index contributed by atoms with van der Waals surface area (Å²) >= 11 is 3.24. The van der Waals surface area contributed by atoms with Gasteiger partial charge in [0.25, 0.3) is 5.56 Å². The summed E-state index contributed by atoms with van der Waals surface area (Å²) in [6.45, 7) is 1.94. The second kappa shape index (κ2) is 10.1. The Balaban J connectivity index is 2.18. The van der Waals surface area contributed by atoms with Gasteiger partial charge in [-0.25, -0.2) is 13.6 Å². The van der Waals surface area contributed by atoms with Crippen LogP contribution in [0.2, 0.25) is 0 Å². The van der Waals surface area contributed by atoms with Gasteiger partial charge in [-0.1, -0.05) is 6.07 Å². The smallest absolute Gasteiger partial charge is 0.338 e. The molecule has 2 N–H and O–H groups in total. The lowest BCUT2D eigenvalue weighted by Crippen LogP contribution is -2.15. The van der Waals surface area contributed by atoms with Gasteiger partial charge in [0.05, 0.1) is 12.7 Å². The monoisotopic (exact) mass is 506 g/mol. The molecule has 32 heavy (non-hydrogen) atoms. The summed E-state index contributed by atoms with van der Waals surface area (Å²) in [5.41, 5.74) is 2.18. The first-order chi connectivity index (χ1) is 15.3. The van der Waals surface area contributed by atoms with Crippen LogP contribution in [-0.4, -0.2) is 25.1 Å². The molecule has 0 spiro atoms. The molecule has 0 aliphatic carbocycles. The van der Waals surface area contributed by atoms with Gasteiger partial charge in [-0.3, -0.25) is 4.79 Å². The number of ether oxygens (including phenoxy) is 2. The SMILES string of the molecule is CNCc1ccc(C(=O)OC)c(-c2c(C)[nH]c(=O)c(Br)c2OCc2ccc(F)cc2F)c1. The molecule has 0 atom stereocenters. The topological polar surface area (TPSA) is 80.4 Å². The number of aryl methyl sites for hydroxylation is 1. The molecule has 0 aliphatic heterocycles. The number of aromatic nitrogens is 1. The van der Waals surface area contributed by atoms with Crippen molar-refractivity contribution in [2.24, 2.45) is 0 Å². The van der Waals surface area contributed by atoms with Gasteiger partial charge in [-0.05, 0) is 59.7 Å². The highest BCUT2D eigenvalue weighted by molar-refractivity contribution is 9.10. The van der Waals surface area contributed by atoms with Crippen LogP contribution >= 0.6 is 15.9 Å². The first kappa shape index (κ1) is 23.6. The number of aromatic amines is 1. The van der Waals surface area contributed by atoms with Crippen LogP contribution in [0.25, 0.3) is 11.1 Å². The predicted octanol–water partition coefficient (Wildman–Crippen LogP) is 4.48. The minimum Gasteiger partial charge on any atom is -0.487 e. The van der Waals surface area contributed by atoms with Gasteiger partial charge in [0.2, 0.25) is 0 Å². The van der Waals surface area contributed by atoms with Crippen molar-refractivity contribution >= 4 is 21.9 Å². The first-order valence-electron chi connectivity index (χ1n) is 9.62. The highest BCUT2D eigenvalue weighted by Gasteiger charge is 2.23. The Morgan fingerprint density at radius 3 is 2.59 bits per heavy atom. The molecule has 0 radical (unpaired) electrons. The second-order valence-electron chi connectivity index (χ2n) is 7.02. The maximum absolute atomic E-state index is 14.1. The number of rotatable bonds is 7. The number of halogens is 3. The van der Waals surface area contributed by atoms with Crippen molar-refractivity contribution < 1.29 is 23.0 Å². The number of pyridine rings is 1. The van der Waals surface area contributed by atoms with E-state index in [1.165, 1.54) is 13.2 Å². The number of methoxy groups -OCH3 is 1. The molecule has 3 rings (SSSR count). The molecule has 0 unspecified atom stereocenters. The number of carbonyl (C=O) groups is 1. The minimum absolute atomic E-state index is 0.0791. The highest BCUT2D eigenvalue weighted by atomic mass is 79.9. The molecule has 168 valence electrons. The minimum atomic E-state index is -0.768. The van der Waals surface area contributed by atoms with Gasteiger partial charge >= 0.3 is 5.97 Å². The number of benzene rings is 2. The fourth-order valence-corrected chi connectivity index (χ4v) is 3.73. The van der Waals surface area contributed by atoms with E-state index in [1.807, 2.05) is 0 Å². The number of hydrogen-bond donors (Lipinski definition) is 2. The van der Waals surface area contributed by atoms with E-state index in [9.17, 15) is 18.4 Å². The standard InChI is InChI=1S/C23H21BrF2N2O4/c1-12-19(17-8-13(10-27-2)4-7-16(17)23(30)31-3)21(20(24)22(29)28-12)32-11-14-5-6-15(25)9-18(14)26/h4-9,27H,10-11H2,1-3H3,(H,28,29). The number of carbonyl (C=O) groups excluding carboxylic acids is 1. The molecule has 0 aliphatic rings. The normalized spacial score (nSPS) is 10.8. The zero-order valence-corrected chi connectivity index (χ0v) is 19.2. The molecule has 3 aromatic rings. The highest BCUT2D eigenvalue weighted by Crippen LogP contribution is 2.39. The van der Waals surface area contributed by atoms with Crippen molar-refractivity contribution in [3.05, 3.63) is 85.2 Å². The molecule has 0 saturated heterocycles. The first-order valence-corrected chi connectivity index (χ1v) is 10.4. The van der Waals surface area contributed by atoms with Crippen LogP contribution in [0.4, 0.5) is 8.78 Å². The summed E-state index contributed by atoms with van der Waals surface area (Å²) in [5, 5.41) is 3.05. The van der Waals surface area contributed by atoms with Crippen molar-refractivity contribution in [1.29, 1.82) is 0 Å². The summed E-state index contributed by atoms with van der Waals surface area (Å²) < 4.78 is 38.2. The average molecular weight is 507 g/mol. The van der Waals surface area contributed by atoms with E-state index in [4.69, 9.17) is 9.47 Å². The van der Waals surface area contributed by atoms with E-state index in [-0.39, 0.29) is 28.0 Å². The van der Waals surface area contributed by atoms with Crippen LogP contribution in [0.1, 0.15) is 27.2 Å². The van der Waals surface area contributed by atoms with Crippen molar-refractivity contribution in [1.82, 2.24) is 10.3 Å². The fraction of sp³-hybridized carbons (Fsp3) is 0.217. The van der Waals surface area contributed by atoms with Crippen LogP contribution < -0.4 is 15.6 Å². The summed E-state index contributed by atoms with van der Waals surface area (Å²) in [5.74, 6) is -1.91. The summed E-state index contributed by atoms with van der Waals surface area (Å²) in [6.07, 6.45) is 0. The molecule has 9 heteroatoms. The number of H-pyrrole nitrogens is 1. The molecule has 0 fully saturated rings. The Morgan fingerprint density at radius 1 is 1.19 bits per heavy atom. The van der Waals surface area contributed by atoms with Crippen molar-refractivity contribution in [2.75, 3.05) is 14.2 Å². The Morgan fingerprint density at radius 2 is 1.94 bits per heavy atom. The maximum atomic E-state index is 14.1. The number of nitrogens with one attached hydrogen (secondary N) is 2. The van der Waals surface area contributed by atoms with Gasteiger partial charge in [0, 0.05) is 35.0 Å². The number of hydrogen-bond acceptors (Lipinski definition) is 5. The average Bonchev–Trinajstić information content (AvgIpc) is 2.76. The van der Waals surface area contributed by atoms with Gasteiger partial charge in [0.15, 0.2) is 0 Å². The van der Waals surface area contributed by atoms with E-state index >= 15 is 0 Å². The lowest BCUT2D eigenvalue weighted by atomic mass is 9.95. The van der Waals surface area contributed by atoms with E-state index < -0.39 is 23.2 Å². The maximum Gasteiger partial charge on any atom is 0.338 e. The van der Waals surface area contributed by atoms with Crippen LogP contribution in [0, 0.1) is 18.6 Å². The van der Waals surface area contributed by atoms with Crippen LogP contribution in [0.5, 0.6) is 5.75 Å². The quantitative estimate of drug-likeness (QED) is 0.462. The molecular formula is C23H21BrF2N2O4. The predicted molar refractivity (Wildman–Crippen MR) is 120 cm³/mol. The Kier molecular flexibility index (Phi) is 7.42. The third-order valence-electron chi connectivity index (χ3n) is 4.83. The molecule has 6 nitrogen and oxygen atoms in total.